The maximum Gasteiger partial charge on any atom is 0.350 e. The molecule has 0 bridgehead atoms. The summed E-state index contributed by atoms with van der Waals surface area (Å²) in [6.07, 6.45) is 1.10. The Bertz CT molecular complexity index is 688. The summed E-state index contributed by atoms with van der Waals surface area (Å²) in [5.74, 6) is -3.59. The van der Waals surface area contributed by atoms with Crippen LogP contribution in [0, 0.1) is 0 Å². The number of benzene rings is 1. The molecule has 0 saturated carbocycles. The first-order chi connectivity index (χ1) is 10.7. The van der Waals surface area contributed by atoms with Crippen LogP contribution in [0.1, 0.15) is 24.2 Å². The van der Waals surface area contributed by atoms with Crippen molar-refractivity contribution in [3.8, 4) is 0 Å². The van der Waals surface area contributed by atoms with Crippen molar-refractivity contribution < 1.29 is 28.6 Å². The predicted molar refractivity (Wildman–Crippen MR) is 80.8 cm³/mol. The molecule has 0 aliphatic carbocycles. The van der Waals surface area contributed by atoms with E-state index >= 15 is 0 Å². The Kier molecular flexibility index (Phi) is 4.60. The summed E-state index contributed by atoms with van der Waals surface area (Å²) in [5.41, 5.74) is 0.119. The molecule has 1 heterocycles. The third-order valence-electron chi connectivity index (χ3n) is 2.88. The van der Waals surface area contributed by atoms with Gasteiger partial charge in [0.05, 0.1) is 18.4 Å². The van der Waals surface area contributed by atoms with Crippen LogP contribution < -0.4 is 5.32 Å². The molecule has 2 rings (SSSR count). The average molecular weight is 340 g/mol. The fourth-order valence-corrected chi connectivity index (χ4v) is 2.02. The van der Waals surface area contributed by atoms with Crippen molar-refractivity contribution >= 4 is 35.2 Å². The number of esters is 3. The van der Waals surface area contributed by atoms with Crippen LogP contribution >= 0.6 is 11.6 Å². The first kappa shape index (κ1) is 16.8. The molecule has 122 valence electrons. The number of hydrogen-bond donors (Lipinski definition) is 1. The standard InChI is InChI=1S/C15H14ClNO6/c1-15(2)22-13(19)10(14(20)23-15)7-17-11-6-8(16)4-5-9(11)12(18)21-3/h4-7,17H,1-3H3. The van der Waals surface area contributed by atoms with Crippen LogP contribution in [0.3, 0.4) is 0 Å². The van der Waals surface area contributed by atoms with Crippen molar-refractivity contribution in [1.29, 1.82) is 0 Å². The van der Waals surface area contributed by atoms with Gasteiger partial charge in [-0.15, -0.1) is 0 Å². The Morgan fingerprint density at radius 3 is 2.43 bits per heavy atom. The van der Waals surface area contributed by atoms with E-state index in [0.717, 1.165) is 6.20 Å². The SMILES string of the molecule is COC(=O)c1ccc(Cl)cc1NC=C1C(=O)OC(C)(C)OC1=O. The number of carbonyl (C=O) groups excluding carboxylic acids is 3. The molecule has 23 heavy (non-hydrogen) atoms. The normalized spacial score (nSPS) is 16.3. The van der Waals surface area contributed by atoms with E-state index in [1.54, 1.807) is 0 Å². The van der Waals surface area contributed by atoms with Gasteiger partial charge in [0.2, 0.25) is 0 Å². The number of ether oxygens (including phenoxy) is 3. The summed E-state index contributed by atoms with van der Waals surface area (Å²) in [6, 6.07) is 4.42. The maximum absolute atomic E-state index is 11.8. The minimum absolute atomic E-state index is 0.187. The molecule has 1 aliphatic rings. The van der Waals surface area contributed by atoms with Crippen LogP contribution in [0.4, 0.5) is 5.69 Å². The molecular formula is C15H14ClNO6. The van der Waals surface area contributed by atoms with Crippen molar-refractivity contribution in [2.24, 2.45) is 0 Å². The second-order valence-electron chi connectivity index (χ2n) is 5.06. The van der Waals surface area contributed by atoms with Gasteiger partial charge in [-0.25, -0.2) is 14.4 Å². The lowest BCUT2D eigenvalue weighted by atomic mass is 10.1. The van der Waals surface area contributed by atoms with Crippen molar-refractivity contribution in [1.82, 2.24) is 0 Å². The minimum atomic E-state index is -1.32. The summed E-state index contributed by atoms with van der Waals surface area (Å²) < 4.78 is 14.6. The predicted octanol–water partition coefficient (Wildman–Crippen LogP) is 2.26. The van der Waals surface area contributed by atoms with E-state index < -0.39 is 23.7 Å². The first-order valence-corrected chi connectivity index (χ1v) is 6.92. The van der Waals surface area contributed by atoms with E-state index in [-0.39, 0.29) is 16.8 Å². The number of anilines is 1. The zero-order chi connectivity index (χ0) is 17.2. The largest absolute Gasteiger partial charge is 0.465 e. The van der Waals surface area contributed by atoms with Crippen molar-refractivity contribution in [3.05, 3.63) is 40.6 Å². The quantitative estimate of drug-likeness (QED) is 0.513. The average Bonchev–Trinajstić information content (AvgIpc) is 2.44. The second-order valence-corrected chi connectivity index (χ2v) is 5.50. The van der Waals surface area contributed by atoms with Crippen LogP contribution in [0.15, 0.2) is 30.0 Å². The van der Waals surface area contributed by atoms with E-state index in [2.05, 4.69) is 10.1 Å². The van der Waals surface area contributed by atoms with Crippen LogP contribution in [-0.2, 0) is 23.8 Å². The summed E-state index contributed by atoms with van der Waals surface area (Å²) >= 11 is 5.88. The zero-order valence-corrected chi connectivity index (χ0v) is 13.4. The van der Waals surface area contributed by atoms with Gasteiger partial charge < -0.3 is 19.5 Å². The van der Waals surface area contributed by atoms with Gasteiger partial charge in [-0.3, -0.25) is 0 Å². The van der Waals surface area contributed by atoms with E-state index in [1.165, 1.54) is 39.2 Å². The van der Waals surface area contributed by atoms with Gasteiger partial charge in [-0.2, -0.15) is 0 Å². The molecule has 1 aromatic carbocycles. The molecule has 1 N–H and O–H groups in total. The summed E-state index contributed by atoms with van der Waals surface area (Å²) in [4.78, 5) is 35.4. The van der Waals surface area contributed by atoms with Gasteiger partial charge in [0.25, 0.3) is 5.79 Å². The van der Waals surface area contributed by atoms with Gasteiger partial charge in [0.1, 0.15) is 0 Å². The molecule has 7 nitrogen and oxygen atoms in total. The van der Waals surface area contributed by atoms with E-state index in [0.29, 0.717) is 5.02 Å². The van der Waals surface area contributed by atoms with Crippen molar-refractivity contribution in [2.75, 3.05) is 12.4 Å². The Balaban J connectivity index is 2.30. The van der Waals surface area contributed by atoms with Gasteiger partial charge in [0.15, 0.2) is 5.57 Å². The zero-order valence-electron chi connectivity index (χ0n) is 12.6. The lowest BCUT2D eigenvalue weighted by Gasteiger charge is -2.29. The third kappa shape index (κ3) is 3.81. The van der Waals surface area contributed by atoms with Crippen LogP contribution in [0.25, 0.3) is 0 Å². The summed E-state index contributed by atoms with van der Waals surface area (Å²) in [6.45, 7) is 2.89. The molecule has 0 unspecified atom stereocenters. The highest BCUT2D eigenvalue weighted by atomic mass is 35.5. The van der Waals surface area contributed by atoms with Gasteiger partial charge in [-0.05, 0) is 18.2 Å². The molecule has 1 saturated heterocycles. The highest BCUT2D eigenvalue weighted by Crippen LogP contribution is 2.25. The molecule has 0 radical (unpaired) electrons. The molecule has 0 spiro atoms. The number of carbonyl (C=O) groups is 3. The molecule has 0 amide bonds. The third-order valence-corrected chi connectivity index (χ3v) is 3.11. The number of halogens is 1. The molecule has 8 heteroatoms. The van der Waals surface area contributed by atoms with E-state index in [9.17, 15) is 14.4 Å². The van der Waals surface area contributed by atoms with Gasteiger partial charge in [0, 0.05) is 25.1 Å². The second kappa shape index (κ2) is 6.29. The van der Waals surface area contributed by atoms with Crippen LogP contribution in [0.5, 0.6) is 0 Å². The lowest BCUT2D eigenvalue weighted by Crippen LogP contribution is -2.42. The Hall–Kier alpha value is -2.54. The topological polar surface area (TPSA) is 90.9 Å². The van der Waals surface area contributed by atoms with Crippen LogP contribution in [0.2, 0.25) is 5.02 Å². The monoisotopic (exact) mass is 339 g/mol. The van der Waals surface area contributed by atoms with Crippen molar-refractivity contribution in [2.45, 2.75) is 19.6 Å². The van der Waals surface area contributed by atoms with Gasteiger partial charge >= 0.3 is 17.9 Å². The van der Waals surface area contributed by atoms with E-state index in [1.807, 2.05) is 0 Å². The van der Waals surface area contributed by atoms with Crippen LogP contribution in [-0.4, -0.2) is 30.8 Å². The highest BCUT2D eigenvalue weighted by Gasteiger charge is 2.39. The molecule has 1 aliphatic heterocycles. The molecule has 1 aromatic rings. The summed E-state index contributed by atoms with van der Waals surface area (Å²) in [7, 11) is 1.23. The Morgan fingerprint density at radius 2 is 1.87 bits per heavy atom. The number of rotatable bonds is 3. The fourth-order valence-electron chi connectivity index (χ4n) is 1.85. The number of nitrogens with one attached hydrogen (secondary N) is 1. The first-order valence-electron chi connectivity index (χ1n) is 6.55. The van der Waals surface area contributed by atoms with Crippen molar-refractivity contribution in [3.63, 3.8) is 0 Å². The number of methoxy groups -OCH3 is 1. The highest BCUT2D eigenvalue weighted by molar-refractivity contribution is 6.31. The van der Waals surface area contributed by atoms with Gasteiger partial charge in [-0.1, -0.05) is 11.6 Å². The Morgan fingerprint density at radius 1 is 1.26 bits per heavy atom. The molecule has 1 fully saturated rings. The molecular weight excluding hydrogens is 326 g/mol. The molecule has 0 atom stereocenters. The smallest absolute Gasteiger partial charge is 0.350 e. The minimum Gasteiger partial charge on any atom is -0.465 e. The van der Waals surface area contributed by atoms with E-state index in [4.69, 9.17) is 21.1 Å². The lowest BCUT2D eigenvalue weighted by molar-refractivity contribution is -0.222. The number of cyclic esters (lactones) is 2. The molecule has 0 aromatic heterocycles. The number of hydrogen-bond acceptors (Lipinski definition) is 7. The fraction of sp³-hybridized carbons (Fsp3) is 0.267. The maximum atomic E-state index is 11.8. The Labute approximate surface area is 137 Å². The summed E-state index contributed by atoms with van der Waals surface area (Å²) in [5, 5.41) is 3.03.